The van der Waals surface area contributed by atoms with Crippen molar-refractivity contribution in [2.75, 3.05) is 30.4 Å². The average Bonchev–Trinajstić information content (AvgIpc) is 3.15. The molecule has 0 spiro atoms. The van der Waals surface area contributed by atoms with Crippen molar-refractivity contribution in [2.24, 2.45) is 10.7 Å². The third-order valence-electron chi connectivity index (χ3n) is 4.29. The number of aliphatic imine (C=N–C) groups is 1. The maximum absolute atomic E-state index is 6.06. The molecule has 0 saturated carbocycles. The molecular formula is C19H26IN5O. The number of hydrogen-bond acceptors (Lipinski definition) is 4. The van der Waals surface area contributed by atoms with Crippen LogP contribution in [0, 0.1) is 6.92 Å². The van der Waals surface area contributed by atoms with Crippen molar-refractivity contribution in [1.82, 2.24) is 4.98 Å². The molecule has 0 unspecified atom stereocenters. The molecule has 0 atom stereocenters. The van der Waals surface area contributed by atoms with E-state index in [0.717, 1.165) is 41.6 Å². The second-order valence-electron chi connectivity index (χ2n) is 6.16. The molecule has 7 heteroatoms. The van der Waals surface area contributed by atoms with Crippen LogP contribution in [0.4, 0.5) is 11.5 Å². The molecule has 3 N–H and O–H groups in total. The fraction of sp³-hybridized carbons (Fsp3) is 0.368. The van der Waals surface area contributed by atoms with E-state index in [9.17, 15) is 0 Å². The summed E-state index contributed by atoms with van der Waals surface area (Å²) in [5.74, 6) is 2.12. The quantitative estimate of drug-likeness (QED) is 0.400. The van der Waals surface area contributed by atoms with E-state index >= 15 is 0 Å². The average molecular weight is 467 g/mol. The summed E-state index contributed by atoms with van der Waals surface area (Å²) >= 11 is 0. The zero-order valence-corrected chi connectivity index (χ0v) is 17.6. The van der Waals surface area contributed by atoms with Gasteiger partial charge >= 0.3 is 0 Å². The lowest BCUT2D eigenvalue weighted by atomic mass is 10.2. The first-order valence-corrected chi connectivity index (χ1v) is 8.59. The molecule has 1 aliphatic heterocycles. The Morgan fingerprint density at radius 1 is 1.23 bits per heavy atom. The molecule has 2 aromatic rings. The number of ether oxygens (including phenoxy) is 1. The normalized spacial score (nSPS) is 14.1. The number of rotatable bonds is 5. The van der Waals surface area contributed by atoms with Gasteiger partial charge in [-0.3, -0.25) is 0 Å². The standard InChI is InChI=1S/C19H25N5O.HI/c1-14-9-10-15(18(22-14)24-11-5-6-12-24)13-21-19(20)23-16-7-3-4-8-17(16)25-2;/h3-4,7-10H,5-6,11-13H2,1-2H3,(H3,20,21,23);1H. The molecule has 1 aromatic carbocycles. The number of hydrogen-bond donors (Lipinski definition) is 2. The monoisotopic (exact) mass is 467 g/mol. The molecule has 26 heavy (non-hydrogen) atoms. The van der Waals surface area contributed by atoms with Crippen LogP contribution in [-0.4, -0.2) is 31.1 Å². The van der Waals surface area contributed by atoms with Crippen LogP contribution in [0.2, 0.25) is 0 Å². The Balaban J connectivity index is 0.00000243. The lowest BCUT2D eigenvalue weighted by Gasteiger charge is -2.20. The third-order valence-corrected chi connectivity index (χ3v) is 4.29. The molecule has 1 aromatic heterocycles. The van der Waals surface area contributed by atoms with Gasteiger partial charge in [0.1, 0.15) is 11.6 Å². The van der Waals surface area contributed by atoms with Crippen molar-refractivity contribution in [1.29, 1.82) is 0 Å². The molecule has 1 aliphatic rings. The van der Waals surface area contributed by atoms with Gasteiger partial charge in [0, 0.05) is 24.3 Å². The van der Waals surface area contributed by atoms with Gasteiger partial charge in [0.05, 0.1) is 19.3 Å². The van der Waals surface area contributed by atoms with Crippen molar-refractivity contribution in [2.45, 2.75) is 26.3 Å². The summed E-state index contributed by atoms with van der Waals surface area (Å²) < 4.78 is 5.32. The Hall–Kier alpha value is -2.03. The number of halogens is 1. The van der Waals surface area contributed by atoms with Crippen molar-refractivity contribution in [3.8, 4) is 5.75 Å². The van der Waals surface area contributed by atoms with Crippen LogP contribution in [0.3, 0.4) is 0 Å². The summed E-state index contributed by atoms with van der Waals surface area (Å²) in [5, 5.41) is 3.10. The van der Waals surface area contributed by atoms with Crippen LogP contribution < -0.4 is 20.7 Å². The first kappa shape index (κ1) is 20.3. The van der Waals surface area contributed by atoms with E-state index in [-0.39, 0.29) is 24.0 Å². The number of anilines is 2. The van der Waals surface area contributed by atoms with Crippen LogP contribution in [-0.2, 0) is 6.54 Å². The number of nitrogens with one attached hydrogen (secondary N) is 1. The number of guanidine groups is 1. The Kier molecular flexibility index (Phi) is 7.50. The lowest BCUT2D eigenvalue weighted by molar-refractivity contribution is 0.417. The third kappa shape index (κ3) is 5.00. The van der Waals surface area contributed by atoms with E-state index in [0.29, 0.717) is 12.5 Å². The summed E-state index contributed by atoms with van der Waals surface area (Å²) in [6, 6.07) is 11.7. The van der Waals surface area contributed by atoms with Crippen LogP contribution >= 0.6 is 24.0 Å². The van der Waals surface area contributed by atoms with E-state index in [1.807, 2.05) is 37.3 Å². The van der Waals surface area contributed by atoms with Gasteiger partial charge < -0.3 is 20.7 Å². The molecule has 0 aliphatic carbocycles. The van der Waals surface area contributed by atoms with Gasteiger partial charge in [-0.25, -0.2) is 9.98 Å². The number of aryl methyl sites for hydroxylation is 1. The largest absolute Gasteiger partial charge is 0.495 e. The molecule has 0 bridgehead atoms. The van der Waals surface area contributed by atoms with E-state index < -0.39 is 0 Å². The number of aromatic nitrogens is 1. The molecule has 0 amide bonds. The highest BCUT2D eigenvalue weighted by molar-refractivity contribution is 14.0. The van der Waals surface area contributed by atoms with Gasteiger partial charge in [0.15, 0.2) is 5.96 Å². The Bertz CT molecular complexity index is 759. The summed E-state index contributed by atoms with van der Waals surface area (Å²) in [6.45, 7) is 4.63. The zero-order chi connectivity index (χ0) is 17.6. The SMILES string of the molecule is COc1ccccc1NC(N)=NCc1ccc(C)nc1N1CCCC1.I. The van der Waals surface area contributed by atoms with Crippen molar-refractivity contribution >= 4 is 41.4 Å². The van der Waals surface area contributed by atoms with Crippen molar-refractivity contribution in [3.05, 3.63) is 47.7 Å². The Morgan fingerprint density at radius 2 is 1.96 bits per heavy atom. The van der Waals surface area contributed by atoms with Crippen molar-refractivity contribution < 1.29 is 4.74 Å². The number of benzene rings is 1. The highest BCUT2D eigenvalue weighted by atomic mass is 127. The van der Waals surface area contributed by atoms with Gasteiger partial charge in [-0.15, -0.1) is 24.0 Å². The Morgan fingerprint density at radius 3 is 2.69 bits per heavy atom. The van der Waals surface area contributed by atoms with Crippen LogP contribution in [0.15, 0.2) is 41.4 Å². The zero-order valence-electron chi connectivity index (χ0n) is 15.2. The van der Waals surface area contributed by atoms with Gasteiger partial charge in [-0.05, 0) is 38.0 Å². The molecular weight excluding hydrogens is 441 g/mol. The Labute approximate surface area is 171 Å². The first-order chi connectivity index (χ1) is 12.2. The summed E-state index contributed by atoms with van der Waals surface area (Å²) in [4.78, 5) is 11.5. The minimum atomic E-state index is 0. The summed E-state index contributed by atoms with van der Waals surface area (Å²) in [7, 11) is 1.63. The fourth-order valence-corrected chi connectivity index (χ4v) is 2.99. The summed E-state index contributed by atoms with van der Waals surface area (Å²) in [6.07, 6.45) is 2.44. The molecule has 140 valence electrons. The summed E-state index contributed by atoms with van der Waals surface area (Å²) in [5.41, 5.74) is 8.98. The van der Waals surface area contributed by atoms with Gasteiger partial charge in [0.2, 0.25) is 0 Å². The topological polar surface area (TPSA) is 75.8 Å². The minimum absolute atomic E-state index is 0. The fourth-order valence-electron chi connectivity index (χ4n) is 2.99. The second kappa shape index (κ2) is 9.61. The lowest BCUT2D eigenvalue weighted by Crippen LogP contribution is -2.24. The van der Waals surface area contributed by atoms with E-state index in [1.54, 1.807) is 7.11 Å². The molecule has 1 saturated heterocycles. The predicted octanol–water partition coefficient (Wildman–Crippen LogP) is 3.54. The molecule has 0 radical (unpaired) electrons. The van der Waals surface area contributed by atoms with Gasteiger partial charge in [-0.1, -0.05) is 18.2 Å². The van der Waals surface area contributed by atoms with Crippen LogP contribution in [0.1, 0.15) is 24.1 Å². The molecule has 2 heterocycles. The van der Waals surface area contributed by atoms with Crippen molar-refractivity contribution in [3.63, 3.8) is 0 Å². The highest BCUT2D eigenvalue weighted by Crippen LogP contribution is 2.24. The smallest absolute Gasteiger partial charge is 0.193 e. The minimum Gasteiger partial charge on any atom is -0.495 e. The maximum Gasteiger partial charge on any atom is 0.193 e. The molecule has 1 fully saturated rings. The number of nitrogens with two attached hydrogens (primary N) is 1. The second-order valence-corrected chi connectivity index (χ2v) is 6.16. The van der Waals surface area contributed by atoms with E-state index in [4.69, 9.17) is 15.5 Å². The predicted molar refractivity (Wildman–Crippen MR) is 118 cm³/mol. The molecule has 6 nitrogen and oxygen atoms in total. The van der Waals surface area contributed by atoms with Gasteiger partial charge in [-0.2, -0.15) is 0 Å². The van der Waals surface area contributed by atoms with Crippen LogP contribution in [0.5, 0.6) is 5.75 Å². The van der Waals surface area contributed by atoms with E-state index in [2.05, 4.69) is 21.3 Å². The number of nitrogens with zero attached hydrogens (tertiary/aromatic N) is 3. The molecule has 3 rings (SSSR count). The highest BCUT2D eigenvalue weighted by Gasteiger charge is 2.17. The maximum atomic E-state index is 6.06. The van der Waals surface area contributed by atoms with Crippen LogP contribution in [0.25, 0.3) is 0 Å². The number of methoxy groups -OCH3 is 1. The van der Waals surface area contributed by atoms with Gasteiger partial charge in [0.25, 0.3) is 0 Å². The number of para-hydroxylation sites is 2. The van der Waals surface area contributed by atoms with E-state index in [1.165, 1.54) is 12.8 Å². The first-order valence-electron chi connectivity index (χ1n) is 8.59. The number of pyridine rings is 1.